The van der Waals surface area contributed by atoms with Crippen molar-refractivity contribution in [3.8, 4) is 0 Å². The van der Waals surface area contributed by atoms with Gasteiger partial charge in [0.2, 0.25) is 5.82 Å². The van der Waals surface area contributed by atoms with Crippen LogP contribution in [0.5, 0.6) is 0 Å². The van der Waals surface area contributed by atoms with Crippen molar-refractivity contribution in [2.24, 2.45) is 0 Å². The highest BCUT2D eigenvalue weighted by Gasteiger charge is 2.30. The highest BCUT2D eigenvalue weighted by Crippen LogP contribution is 2.34. The van der Waals surface area contributed by atoms with E-state index in [2.05, 4.69) is 10.4 Å². The second-order valence-electron chi connectivity index (χ2n) is 10.3. The SMILES string of the molecule is CCOC(=O)C(C)(C)Sc1cccc(CCCCNc2nn(CCCC(F)(F)F)c(=O)n(Cc3ccccc3)c2=O)c1. The number of halogens is 3. The Morgan fingerprint density at radius 2 is 1.71 bits per heavy atom. The summed E-state index contributed by atoms with van der Waals surface area (Å²) < 4.78 is 44.5. The standard InChI is InChI=1S/C30H37F3N4O4S/c1-4-41-27(39)29(2,3)42-24-16-10-15-22(20-24)12-8-9-18-34-25-26(38)36(21-23-13-6-5-7-14-23)28(40)37(35-25)19-11-17-30(31,32)33/h5-7,10,13-16,20H,4,8-9,11-12,17-19,21H2,1-3H3,(H,34,35). The van der Waals surface area contributed by atoms with Gasteiger partial charge in [0.15, 0.2) is 0 Å². The van der Waals surface area contributed by atoms with Gasteiger partial charge < -0.3 is 10.1 Å². The number of hydrogen-bond acceptors (Lipinski definition) is 7. The van der Waals surface area contributed by atoms with Crippen LogP contribution < -0.4 is 16.6 Å². The zero-order chi connectivity index (χ0) is 30.8. The lowest BCUT2D eigenvalue weighted by Gasteiger charge is -2.21. The van der Waals surface area contributed by atoms with Gasteiger partial charge in [0.25, 0.3) is 5.56 Å². The average Bonchev–Trinajstić information content (AvgIpc) is 2.93. The monoisotopic (exact) mass is 606 g/mol. The van der Waals surface area contributed by atoms with E-state index in [1.54, 1.807) is 37.3 Å². The number of ether oxygens (including phenoxy) is 1. The lowest BCUT2D eigenvalue weighted by atomic mass is 10.1. The molecular weight excluding hydrogens is 569 g/mol. The molecule has 0 saturated heterocycles. The first-order chi connectivity index (χ1) is 19.9. The topological polar surface area (TPSA) is 95.2 Å². The fourth-order valence-corrected chi connectivity index (χ4v) is 5.31. The van der Waals surface area contributed by atoms with E-state index in [1.165, 1.54) is 11.8 Å². The van der Waals surface area contributed by atoms with E-state index in [4.69, 9.17) is 4.74 Å². The first-order valence-electron chi connectivity index (χ1n) is 13.9. The molecule has 0 unspecified atom stereocenters. The normalized spacial score (nSPS) is 11.9. The summed E-state index contributed by atoms with van der Waals surface area (Å²) in [5.74, 6) is -0.341. The smallest absolute Gasteiger partial charge is 0.389 e. The molecule has 8 nitrogen and oxygen atoms in total. The number of unbranched alkanes of at least 4 members (excludes halogenated alkanes) is 1. The van der Waals surface area contributed by atoms with Crippen LogP contribution in [0.1, 0.15) is 57.6 Å². The molecule has 0 fully saturated rings. The van der Waals surface area contributed by atoms with Gasteiger partial charge in [0.1, 0.15) is 4.75 Å². The molecule has 12 heteroatoms. The summed E-state index contributed by atoms with van der Waals surface area (Å²) in [4.78, 5) is 39.3. The maximum absolute atomic E-state index is 13.1. The van der Waals surface area contributed by atoms with E-state index >= 15 is 0 Å². The summed E-state index contributed by atoms with van der Waals surface area (Å²) >= 11 is 1.44. The number of hydrogen-bond donors (Lipinski definition) is 1. The number of thioether (sulfide) groups is 1. The molecule has 1 aromatic heterocycles. The number of carbonyl (C=O) groups is 1. The second kappa shape index (κ2) is 15.1. The van der Waals surface area contributed by atoms with Crippen LogP contribution in [-0.4, -0.2) is 44.4 Å². The minimum atomic E-state index is -4.35. The van der Waals surface area contributed by atoms with Gasteiger partial charge in [-0.1, -0.05) is 42.5 Å². The van der Waals surface area contributed by atoms with Crippen LogP contribution in [0.25, 0.3) is 0 Å². The summed E-state index contributed by atoms with van der Waals surface area (Å²) in [7, 11) is 0. The van der Waals surface area contributed by atoms with Crippen molar-refractivity contribution in [3.63, 3.8) is 0 Å². The molecule has 42 heavy (non-hydrogen) atoms. The zero-order valence-electron chi connectivity index (χ0n) is 24.1. The van der Waals surface area contributed by atoms with Crippen LogP contribution in [0.15, 0.2) is 69.1 Å². The number of alkyl halides is 3. The van der Waals surface area contributed by atoms with Gasteiger partial charge >= 0.3 is 17.8 Å². The molecule has 1 N–H and O–H groups in total. The molecule has 0 amide bonds. The molecule has 3 rings (SSSR count). The van der Waals surface area contributed by atoms with E-state index in [0.29, 0.717) is 25.1 Å². The number of aryl methyl sites for hydroxylation is 2. The number of esters is 1. The van der Waals surface area contributed by atoms with Gasteiger partial charge in [-0.05, 0) is 69.7 Å². The molecule has 0 saturated carbocycles. The summed E-state index contributed by atoms with van der Waals surface area (Å²) in [5.41, 5.74) is 0.438. The van der Waals surface area contributed by atoms with Crippen LogP contribution in [0.4, 0.5) is 19.0 Å². The number of benzene rings is 2. The Labute approximate surface area is 247 Å². The average molecular weight is 607 g/mol. The molecule has 0 spiro atoms. The van der Waals surface area contributed by atoms with Gasteiger partial charge in [-0.3, -0.25) is 14.2 Å². The Bertz CT molecular complexity index is 1440. The third-order valence-electron chi connectivity index (χ3n) is 6.36. The van der Waals surface area contributed by atoms with E-state index < -0.39 is 28.6 Å². The summed E-state index contributed by atoms with van der Waals surface area (Å²) in [6, 6.07) is 16.8. The number of nitrogens with one attached hydrogen (secondary N) is 1. The summed E-state index contributed by atoms with van der Waals surface area (Å²) in [6.07, 6.45) is -3.50. The maximum Gasteiger partial charge on any atom is 0.389 e. The van der Waals surface area contributed by atoms with Crippen molar-refractivity contribution in [1.29, 1.82) is 0 Å². The Hall–Kier alpha value is -3.54. The number of anilines is 1. The van der Waals surface area contributed by atoms with Crippen molar-refractivity contribution in [1.82, 2.24) is 14.3 Å². The second-order valence-corrected chi connectivity index (χ2v) is 12.0. The van der Waals surface area contributed by atoms with E-state index in [9.17, 15) is 27.6 Å². The molecule has 3 aromatic rings. The first-order valence-corrected chi connectivity index (χ1v) is 14.7. The van der Waals surface area contributed by atoms with Crippen molar-refractivity contribution >= 4 is 23.5 Å². The van der Waals surface area contributed by atoms with Gasteiger partial charge in [-0.15, -0.1) is 16.9 Å². The van der Waals surface area contributed by atoms with Crippen molar-refractivity contribution < 1.29 is 22.7 Å². The van der Waals surface area contributed by atoms with Crippen LogP contribution in [0.2, 0.25) is 0 Å². The summed E-state index contributed by atoms with van der Waals surface area (Å²) in [5, 5.41) is 7.06. The van der Waals surface area contributed by atoms with Gasteiger partial charge in [0.05, 0.1) is 13.2 Å². The molecule has 228 valence electrons. The Balaban J connectivity index is 1.64. The van der Waals surface area contributed by atoms with Crippen LogP contribution in [0.3, 0.4) is 0 Å². The Kier molecular flexibility index (Phi) is 11.8. The van der Waals surface area contributed by atoms with E-state index in [-0.39, 0.29) is 31.3 Å². The third-order valence-corrected chi connectivity index (χ3v) is 7.52. The third kappa shape index (κ3) is 10.1. The predicted octanol–water partition coefficient (Wildman–Crippen LogP) is 5.66. The van der Waals surface area contributed by atoms with Crippen LogP contribution in [0, 0.1) is 0 Å². The molecule has 0 bridgehead atoms. The van der Waals surface area contributed by atoms with Crippen molar-refractivity contribution in [2.45, 2.75) is 81.8 Å². The molecule has 0 atom stereocenters. The molecule has 2 aromatic carbocycles. The zero-order valence-corrected chi connectivity index (χ0v) is 24.9. The first kappa shape index (κ1) is 33.0. The van der Waals surface area contributed by atoms with Gasteiger partial charge in [-0.25, -0.2) is 9.48 Å². The highest BCUT2D eigenvalue weighted by atomic mass is 32.2. The summed E-state index contributed by atoms with van der Waals surface area (Å²) in [6.45, 7) is 5.87. The van der Waals surface area contributed by atoms with Crippen molar-refractivity contribution in [3.05, 3.63) is 86.6 Å². The van der Waals surface area contributed by atoms with Gasteiger partial charge in [0, 0.05) is 24.4 Å². The van der Waals surface area contributed by atoms with E-state index in [0.717, 1.165) is 32.5 Å². The number of carbonyl (C=O) groups excluding carboxylic acids is 1. The maximum atomic E-state index is 13.1. The molecule has 0 radical (unpaired) electrons. The van der Waals surface area contributed by atoms with Crippen molar-refractivity contribution in [2.75, 3.05) is 18.5 Å². The van der Waals surface area contributed by atoms with E-state index in [1.807, 2.05) is 38.1 Å². The molecule has 1 heterocycles. The van der Waals surface area contributed by atoms with Crippen LogP contribution in [-0.2, 0) is 29.0 Å². The predicted molar refractivity (Wildman–Crippen MR) is 158 cm³/mol. The number of aromatic nitrogens is 3. The van der Waals surface area contributed by atoms with Crippen LogP contribution >= 0.6 is 11.8 Å². The quantitative estimate of drug-likeness (QED) is 0.135. The lowest BCUT2D eigenvalue weighted by molar-refractivity contribution is -0.145. The fraction of sp³-hybridized carbons (Fsp3) is 0.467. The lowest BCUT2D eigenvalue weighted by Crippen LogP contribution is -2.43. The van der Waals surface area contributed by atoms with Gasteiger partial charge in [-0.2, -0.15) is 13.2 Å². The Morgan fingerprint density at radius 1 is 1.00 bits per heavy atom. The number of nitrogens with zero attached hydrogens (tertiary/aromatic N) is 3. The number of rotatable bonds is 15. The molecular formula is C30H37F3N4O4S. The molecule has 0 aliphatic heterocycles. The minimum Gasteiger partial charge on any atom is -0.465 e. The highest BCUT2D eigenvalue weighted by molar-refractivity contribution is 8.01. The fourth-order valence-electron chi connectivity index (χ4n) is 4.22. The largest absolute Gasteiger partial charge is 0.465 e. The molecule has 0 aliphatic rings. The molecule has 0 aliphatic carbocycles. The Morgan fingerprint density at radius 3 is 2.40 bits per heavy atom. The minimum absolute atomic E-state index is 0.0176.